The van der Waals surface area contributed by atoms with Crippen LogP contribution < -0.4 is 9.80 Å². The second kappa shape index (κ2) is 14.3. The summed E-state index contributed by atoms with van der Waals surface area (Å²) in [4.78, 5) is 4.71. The normalized spacial score (nSPS) is 11.4. The average Bonchev–Trinajstić information content (AvgIpc) is 3.86. The van der Waals surface area contributed by atoms with E-state index in [1.165, 1.54) is 42.4 Å². The van der Waals surface area contributed by atoms with E-state index in [9.17, 15) is 0 Å². The van der Waals surface area contributed by atoms with E-state index in [4.69, 9.17) is 4.42 Å². The highest BCUT2D eigenvalue weighted by Crippen LogP contribution is 2.46. The van der Waals surface area contributed by atoms with Crippen molar-refractivity contribution in [2.24, 2.45) is 0 Å². The van der Waals surface area contributed by atoms with Crippen molar-refractivity contribution in [2.75, 3.05) is 9.80 Å². The molecule has 2 aromatic heterocycles. The van der Waals surface area contributed by atoms with Gasteiger partial charge in [-0.05, 0) is 101 Å². The van der Waals surface area contributed by atoms with Crippen LogP contribution in [-0.2, 0) is 0 Å². The van der Waals surface area contributed by atoms with Gasteiger partial charge in [-0.3, -0.25) is 0 Å². The third kappa shape index (κ3) is 5.99. The molecule has 58 heavy (non-hydrogen) atoms. The zero-order valence-corrected chi connectivity index (χ0v) is 32.3. The van der Waals surface area contributed by atoms with E-state index in [1.807, 2.05) is 11.3 Å². The van der Waals surface area contributed by atoms with Crippen LogP contribution >= 0.6 is 11.3 Å². The Balaban J connectivity index is 1.06. The first kappa shape index (κ1) is 33.9. The van der Waals surface area contributed by atoms with Crippen molar-refractivity contribution in [3.63, 3.8) is 0 Å². The average molecular weight is 761 g/mol. The molecule has 9 aromatic carbocycles. The monoisotopic (exact) mass is 760 g/mol. The number of thiophene rings is 1. The predicted molar refractivity (Wildman–Crippen MR) is 247 cm³/mol. The Hall–Kier alpha value is -7.40. The van der Waals surface area contributed by atoms with Gasteiger partial charge in [0, 0.05) is 60.7 Å². The second-order valence-electron chi connectivity index (χ2n) is 14.6. The van der Waals surface area contributed by atoms with Gasteiger partial charge >= 0.3 is 0 Å². The number of hydrogen-bond acceptors (Lipinski definition) is 4. The minimum atomic E-state index is 0.845. The van der Waals surface area contributed by atoms with Gasteiger partial charge in [-0.2, -0.15) is 0 Å². The Labute approximate surface area is 340 Å². The summed E-state index contributed by atoms with van der Waals surface area (Å²) in [6.45, 7) is 0. The molecule has 2 heterocycles. The lowest BCUT2D eigenvalue weighted by molar-refractivity contribution is 0.669. The van der Waals surface area contributed by atoms with Gasteiger partial charge in [0.2, 0.25) is 0 Å². The van der Waals surface area contributed by atoms with Gasteiger partial charge in [0.05, 0.1) is 10.4 Å². The summed E-state index contributed by atoms with van der Waals surface area (Å²) >= 11 is 1.84. The molecule has 4 heteroatoms. The molecule has 0 radical (unpaired) electrons. The standard InChI is InChI=1S/C54H36N2OS/c1-4-15-37(16-5-1)39-19-12-23-42(33-39)55(43-24-13-20-40(34-43)38-17-6-2-7-18-38)44-30-32-51-49(35-44)46-31-29-45(36-52(46)57-51)56(41-21-8-3-9-22-41)50-27-14-26-48-47-25-10-11-28-53(47)58-54(48)50/h1-36H. The van der Waals surface area contributed by atoms with Gasteiger partial charge in [-0.25, -0.2) is 0 Å². The molecule has 0 spiro atoms. The van der Waals surface area contributed by atoms with E-state index in [-0.39, 0.29) is 0 Å². The fourth-order valence-corrected chi connectivity index (χ4v) is 9.51. The topological polar surface area (TPSA) is 19.6 Å². The van der Waals surface area contributed by atoms with Crippen LogP contribution in [0.5, 0.6) is 0 Å². The molecule has 0 bridgehead atoms. The van der Waals surface area contributed by atoms with Crippen LogP contribution in [0, 0.1) is 0 Å². The van der Waals surface area contributed by atoms with Crippen molar-refractivity contribution in [2.45, 2.75) is 0 Å². The van der Waals surface area contributed by atoms with Crippen LogP contribution in [0.2, 0.25) is 0 Å². The van der Waals surface area contributed by atoms with Gasteiger partial charge in [0.25, 0.3) is 0 Å². The van der Waals surface area contributed by atoms with Crippen LogP contribution in [-0.4, -0.2) is 0 Å². The number of rotatable bonds is 8. The van der Waals surface area contributed by atoms with Gasteiger partial charge in [0.1, 0.15) is 11.2 Å². The maximum absolute atomic E-state index is 6.71. The number of hydrogen-bond donors (Lipinski definition) is 0. The maximum atomic E-state index is 6.71. The third-order valence-electron chi connectivity index (χ3n) is 11.0. The molecule has 11 rings (SSSR count). The molecule has 0 aliphatic carbocycles. The van der Waals surface area contributed by atoms with Crippen molar-refractivity contribution in [3.05, 3.63) is 218 Å². The molecule has 11 aromatic rings. The smallest absolute Gasteiger partial charge is 0.137 e. The highest BCUT2D eigenvalue weighted by molar-refractivity contribution is 7.26. The number of anilines is 6. The van der Waals surface area contributed by atoms with Crippen molar-refractivity contribution < 1.29 is 4.42 Å². The highest BCUT2D eigenvalue weighted by Gasteiger charge is 2.21. The molecule has 0 fully saturated rings. The van der Waals surface area contributed by atoms with Crippen molar-refractivity contribution in [1.29, 1.82) is 0 Å². The molecule has 0 saturated heterocycles. The van der Waals surface area contributed by atoms with Gasteiger partial charge in [-0.15, -0.1) is 11.3 Å². The summed E-state index contributed by atoms with van der Waals surface area (Å²) in [5.41, 5.74) is 12.9. The Morgan fingerprint density at radius 1 is 0.310 bits per heavy atom. The highest BCUT2D eigenvalue weighted by atomic mass is 32.1. The largest absolute Gasteiger partial charge is 0.456 e. The SMILES string of the molecule is c1ccc(-c2cccc(N(c3cccc(-c4ccccc4)c3)c3ccc4oc5cc(N(c6ccccc6)c6cccc7c6sc6ccccc67)ccc5c4c3)c2)cc1. The lowest BCUT2D eigenvalue weighted by Crippen LogP contribution is -2.10. The molecular weight excluding hydrogens is 725 g/mol. The first-order valence-electron chi connectivity index (χ1n) is 19.6. The predicted octanol–water partition coefficient (Wildman–Crippen LogP) is 16.2. The second-order valence-corrected chi connectivity index (χ2v) is 15.6. The van der Waals surface area contributed by atoms with E-state index in [2.05, 4.69) is 228 Å². The van der Waals surface area contributed by atoms with E-state index >= 15 is 0 Å². The summed E-state index contributed by atoms with van der Waals surface area (Å²) in [5, 5.41) is 4.70. The number of fused-ring (bicyclic) bond motifs is 6. The Kier molecular flexibility index (Phi) is 8.34. The molecule has 0 saturated carbocycles. The molecule has 0 aliphatic heterocycles. The molecule has 274 valence electrons. The minimum absolute atomic E-state index is 0.845. The molecule has 0 amide bonds. The van der Waals surface area contributed by atoms with Crippen LogP contribution in [0.1, 0.15) is 0 Å². The number of furan rings is 1. The Morgan fingerprint density at radius 3 is 1.55 bits per heavy atom. The first-order chi connectivity index (χ1) is 28.7. The third-order valence-corrected chi connectivity index (χ3v) is 12.2. The van der Waals surface area contributed by atoms with Gasteiger partial charge in [0.15, 0.2) is 0 Å². The quantitative estimate of drug-likeness (QED) is 0.154. The van der Waals surface area contributed by atoms with Crippen LogP contribution in [0.4, 0.5) is 34.1 Å². The van der Waals surface area contributed by atoms with Crippen LogP contribution in [0.3, 0.4) is 0 Å². The summed E-state index contributed by atoms with van der Waals surface area (Å²) in [7, 11) is 0. The fourth-order valence-electron chi connectivity index (χ4n) is 8.30. The summed E-state index contributed by atoms with van der Waals surface area (Å²) in [6.07, 6.45) is 0. The van der Waals surface area contributed by atoms with Crippen molar-refractivity contribution in [3.8, 4) is 22.3 Å². The van der Waals surface area contributed by atoms with E-state index in [1.54, 1.807) is 0 Å². The van der Waals surface area contributed by atoms with Gasteiger partial charge < -0.3 is 14.2 Å². The lowest BCUT2D eigenvalue weighted by Gasteiger charge is -2.26. The number of nitrogens with zero attached hydrogens (tertiary/aromatic N) is 2. The molecule has 0 aliphatic rings. The number of para-hydroxylation sites is 1. The summed E-state index contributed by atoms with van der Waals surface area (Å²) in [6, 6.07) is 77.9. The van der Waals surface area contributed by atoms with Crippen molar-refractivity contribution >= 4 is 87.6 Å². The van der Waals surface area contributed by atoms with E-state index in [0.717, 1.165) is 56.1 Å². The Bertz CT molecular complexity index is 3160. The van der Waals surface area contributed by atoms with Crippen molar-refractivity contribution in [1.82, 2.24) is 0 Å². The van der Waals surface area contributed by atoms with E-state index in [0.29, 0.717) is 0 Å². The Morgan fingerprint density at radius 2 is 0.845 bits per heavy atom. The zero-order chi connectivity index (χ0) is 38.4. The summed E-state index contributed by atoms with van der Waals surface area (Å²) < 4.78 is 9.25. The molecular formula is C54H36N2OS. The lowest BCUT2D eigenvalue weighted by atomic mass is 10.0. The van der Waals surface area contributed by atoms with Gasteiger partial charge in [-0.1, -0.05) is 133 Å². The van der Waals surface area contributed by atoms with E-state index < -0.39 is 0 Å². The van der Waals surface area contributed by atoms with Crippen LogP contribution in [0.15, 0.2) is 223 Å². The fraction of sp³-hybridized carbons (Fsp3) is 0. The molecule has 3 nitrogen and oxygen atoms in total. The molecule has 0 unspecified atom stereocenters. The molecule has 0 atom stereocenters. The number of benzene rings is 9. The first-order valence-corrected chi connectivity index (χ1v) is 20.4. The minimum Gasteiger partial charge on any atom is -0.456 e. The zero-order valence-electron chi connectivity index (χ0n) is 31.5. The maximum Gasteiger partial charge on any atom is 0.137 e. The molecule has 0 N–H and O–H groups in total. The summed E-state index contributed by atoms with van der Waals surface area (Å²) in [5.74, 6) is 0. The van der Waals surface area contributed by atoms with Crippen LogP contribution in [0.25, 0.3) is 64.4 Å².